The summed E-state index contributed by atoms with van der Waals surface area (Å²) in [6.07, 6.45) is 1.55. The van der Waals surface area contributed by atoms with Crippen LogP contribution in [0.3, 0.4) is 0 Å². The highest BCUT2D eigenvalue weighted by atomic mass is 16.3. The lowest BCUT2D eigenvalue weighted by Gasteiger charge is -2.02. The summed E-state index contributed by atoms with van der Waals surface area (Å²) in [7, 11) is 0. The van der Waals surface area contributed by atoms with Crippen LogP contribution >= 0.6 is 0 Å². The van der Waals surface area contributed by atoms with E-state index in [9.17, 15) is 15.0 Å². The minimum atomic E-state index is -0.475. The fraction of sp³-hybridized carbons (Fsp3) is 0. The van der Waals surface area contributed by atoms with Gasteiger partial charge < -0.3 is 10.2 Å². The monoisotopic (exact) mass is 306 g/mol. The second-order valence-corrected chi connectivity index (χ2v) is 5.01. The van der Waals surface area contributed by atoms with Gasteiger partial charge in [-0.1, -0.05) is 36.4 Å². The molecule has 0 atom stereocenters. The Labute approximate surface area is 132 Å². The first-order valence-corrected chi connectivity index (χ1v) is 6.98. The predicted octanol–water partition coefficient (Wildman–Crippen LogP) is 3.01. The van der Waals surface area contributed by atoms with Crippen LogP contribution in [0.4, 0.5) is 0 Å². The first-order chi connectivity index (χ1) is 11.1. The van der Waals surface area contributed by atoms with Gasteiger partial charge in [0.25, 0.3) is 5.91 Å². The molecular weight excluding hydrogens is 292 g/mol. The number of rotatable bonds is 3. The minimum Gasteiger partial charge on any atom is -0.504 e. The van der Waals surface area contributed by atoms with Crippen LogP contribution in [0.2, 0.25) is 0 Å². The van der Waals surface area contributed by atoms with Gasteiger partial charge >= 0.3 is 0 Å². The maximum absolute atomic E-state index is 11.9. The van der Waals surface area contributed by atoms with Gasteiger partial charge in [0.15, 0.2) is 11.5 Å². The van der Waals surface area contributed by atoms with Crippen molar-refractivity contribution in [2.45, 2.75) is 0 Å². The molecule has 0 spiro atoms. The van der Waals surface area contributed by atoms with Crippen LogP contribution in [0.25, 0.3) is 10.8 Å². The second-order valence-electron chi connectivity index (χ2n) is 5.01. The molecule has 0 unspecified atom stereocenters. The van der Waals surface area contributed by atoms with E-state index in [1.807, 2.05) is 42.5 Å². The Morgan fingerprint density at radius 2 is 1.70 bits per heavy atom. The Balaban J connectivity index is 1.71. The first kappa shape index (κ1) is 14.6. The van der Waals surface area contributed by atoms with Gasteiger partial charge in [-0.3, -0.25) is 4.79 Å². The van der Waals surface area contributed by atoms with Gasteiger partial charge in [0.2, 0.25) is 0 Å². The van der Waals surface area contributed by atoms with Gasteiger partial charge in [0.1, 0.15) is 0 Å². The van der Waals surface area contributed by atoms with E-state index in [0.717, 1.165) is 16.3 Å². The molecule has 3 aromatic carbocycles. The summed E-state index contributed by atoms with van der Waals surface area (Å²) in [6.45, 7) is 0. The number of benzene rings is 3. The molecule has 5 nitrogen and oxygen atoms in total. The largest absolute Gasteiger partial charge is 0.504 e. The molecule has 3 aromatic rings. The van der Waals surface area contributed by atoms with Crippen LogP contribution in [-0.4, -0.2) is 22.3 Å². The van der Waals surface area contributed by atoms with E-state index >= 15 is 0 Å². The zero-order valence-corrected chi connectivity index (χ0v) is 12.1. The molecule has 0 aliphatic carbocycles. The lowest BCUT2D eigenvalue weighted by Crippen LogP contribution is -2.17. The van der Waals surface area contributed by atoms with Gasteiger partial charge in [-0.05, 0) is 40.6 Å². The molecular formula is C18H14N2O3. The summed E-state index contributed by atoms with van der Waals surface area (Å²) in [6, 6.07) is 17.6. The van der Waals surface area contributed by atoms with Crippen LogP contribution in [0.5, 0.6) is 11.5 Å². The van der Waals surface area contributed by atoms with E-state index < -0.39 is 5.91 Å². The predicted molar refractivity (Wildman–Crippen MR) is 88.8 cm³/mol. The SMILES string of the molecule is O=C(N/N=C\c1ccc2ccccc2c1)c1ccc(O)c(O)c1. The van der Waals surface area contributed by atoms with Crippen LogP contribution in [0.15, 0.2) is 65.8 Å². The van der Waals surface area contributed by atoms with Crippen LogP contribution < -0.4 is 5.43 Å². The second kappa shape index (κ2) is 6.19. The number of hydrogen-bond acceptors (Lipinski definition) is 4. The van der Waals surface area contributed by atoms with E-state index in [4.69, 9.17) is 0 Å². The summed E-state index contributed by atoms with van der Waals surface area (Å²) in [4.78, 5) is 11.9. The number of nitrogens with zero attached hydrogens (tertiary/aromatic N) is 1. The van der Waals surface area contributed by atoms with E-state index in [2.05, 4.69) is 10.5 Å². The van der Waals surface area contributed by atoms with Crippen molar-refractivity contribution in [2.75, 3.05) is 0 Å². The molecule has 0 heterocycles. The van der Waals surface area contributed by atoms with Gasteiger partial charge in [0, 0.05) is 5.56 Å². The summed E-state index contributed by atoms with van der Waals surface area (Å²) in [5.41, 5.74) is 3.44. The smallest absolute Gasteiger partial charge is 0.271 e. The molecule has 1 amide bonds. The number of aromatic hydroxyl groups is 2. The molecule has 0 saturated carbocycles. The normalized spacial score (nSPS) is 11.0. The van der Waals surface area contributed by atoms with Crippen molar-refractivity contribution in [3.8, 4) is 11.5 Å². The van der Waals surface area contributed by atoms with E-state index in [-0.39, 0.29) is 17.1 Å². The highest BCUT2D eigenvalue weighted by Gasteiger charge is 2.07. The number of hydrogen-bond donors (Lipinski definition) is 3. The first-order valence-electron chi connectivity index (χ1n) is 6.98. The van der Waals surface area contributed by atoms with E-state index in [1.165, 1.54) is 18.2 Å². The molecule has 3 N–H and O–H groups in total. The summed E-state index contributed by atoms with van der Waals surface area (Å²) >= 11 is 0. The molecule has 0 fully saturated rings. The van der Waals surface area contributed by atoms with Crippen molar-refractivity contribution in [2.24, 2.45) is 5.10 Å². The van der Waals surface area contributed by atoms with E-state index in [0.29, 0.717) is 0 Å². The van der Waals surface area contributed by atoms with Crippen molar-refractivity contribution in [3.05, 3.63) is 71.8 Å². The Kier molecular flexibility index (Phi) is 3.93. The zero-order valence-electron chi connectivity index (χ0n) is 12.1. The molecule has 0 bridgehead atoms. The third-order valence-corrected chi connectivity index (χ3v) is 3.39. The zero-order chi connectivity index (χ0) is 16.2. The Bertz CT molecular complexity index is 904. The van der Waals surface area contributed by atoms with E-state index in [1.54, 1.807) is 6.21 Å². The van der Waals surface area contributed by atoms with Crippen LogP contribution in [0, 0.1) is 0 Å². The minimum absolute atomic E-state index is 0.205. The summed E-state index contributed by atoms with van der Waals surface area (Å²) in [5.74, 6) is -1.10. The Morgan fingerprint density at radius 1 is 0.913 bits per heavy atom. The van der Waals surface area contributed by atoms with Gasteiger partial charge in [0.05, 0.1) is 6.21 Å². The topological polar surface area (TPSA) is 81.9 Å². The maximum atomic E-state index is 11.9. The van der Waals surface area contributed by atoms with Crippen molar-refractivity contribution in [1.29, 1.82) is 0 Å². The molecule has 0 aromatic heterocycles. The molecule has 23 heavy (non-hydrogen) atoms. The molecule has 3 rings (SSSR count). The lowest BCUT2D eigenvalue weighted by atomic mass is 10.1. The fourth-order valence-corrected chi connectivity index (χ4v) is 2.18. The average Bonchev–Trinajstić information content (AvgIpc) is 2.57. The highest BCUT2D eigenvalue weighted by Crippen LogP contribution is 2.24. The highest BCUT2D eigenvalue weighted by molar-refractivity contribution is 5.96. The summed E-state index contributed by atoms with van der Waals surface area (Å²) in [5, 5.41) is 24.7. The van der Waals surface area contributed by atoms with Gasteiger partial charge in [-0.25, -0.2) is 5.43 Å². The molecule has 114 valence electrons. The van der Waals surface area contributed by atoms with Crippen molar-refractivity contribution < 1.29 is 15.0 Å². The number of phenols is 2. The number of carbonyl (C=O) groups is 1. The van der Waals surface area contributed by atoms with Crippen molar-refractivity contribution in [3.63, 3.8) is 0 Å². The number of fused-ring (bicyclic) bond motifs is 1. The summed E-state index contributed by atoms with van der Waals surface area (Å²) < 4.78 is 0. The van der Waals surface area contributed by atoms with Crippen LogP contribution in [0.1, 0.15) is 15.9 Å². The number of hydrazone groups is 1. The number of amides is 1. The average molecular weight is 306 g/mol. The van der Waals surface area contributed by atoms with Crippen LogP contribution in [-0.2, 0) is 0 Å². The molecule has 0 saturated heterocycles. The van der Waals surface area contributed by atoms with Crippen molar-refractivity contribution in [1.82, 2.24) is 5.43 Å². The number of carbonyl (C=O) groups excluding carboxylic acids is 1. The molecule has 0 aliphatic heterocycles. The Hall–Kier alpha value is -3.34. The lowest BCUT2D eigenvalue weighted by molar-refractivity contribution is 0.0954. The third kappa shape index (κ3) is 3.29. The molecule has 5 heteroatoms. The third-order valence-electron chi connectivity index (χ3n) is 3.39. The molecule has 0 radical (unpaired) electrons. The number of phenolic OH excluding ortho intramolecular Hbond substituents is 2. The number of nitrogens with one attached hydrogen (secondary N) is 1. The Morgan fingerprint density at radius 3 is 2.48 bits per heavy atom. The maximum Gasteiger partial charge on any atom is 0.271 e. The van der Waals surface area contributed by atoms with Gasteiger partial charge in [-0.2, -0.15) is 5.10 Å². The fourth-order valence-electron chi connectivity index (χ4n) is 2.18. The quantitative estimate of drug-likeness (QED) is 0.395. The standard InChI is InChI=1S/C18H14N2O3/c21-16-8-7-15(10-17(16)22)18(23)20-19-11-12-5-6-13-3-1-2-4-14(13)9-12/h1-11,21-22H,(H,20,23)/b19-11-. The van der Waals surface area contributed by atoms with Crippen molar-refractivity contribution >= 4 is 22.9 Å². The van der Waals surface area contributed by atoms with Gasteiger partial charge in [-0.15, -0.1) is 0 Å². The molecule has 0 aliphatic rings.